The topological polar surface area (TPSA) is 109 Å². The van der Waals surface area contributed by atoms with Crippen molar-refractivity contribution in [3.05, 3.63) is 65.5 Å². The first kappa shape index (κ1) is 25.9. The van der Waals surface area contributed by atoms with Crippen LogP contribution in [0.15, 0.2) is 42.7 Å². The molecule has 1 aromatic carbocycles. The van der Waals surface area contributed by atoms with Gasteiger partial charge in [0.05, 0.1) is 47.6 Å². The summed E-state index contributed by atoms with van der Waals surface area (Å²) < 4.78 is 21.3. The van der Waals surface area contributed by atoms with Gasteiger partial charge in [0.15, 0.2) is 12.3 Å². The lowest BCUT2D eigenvalue weighted by atomic mass is 9.93. The smallest absolute Gasteiger partial charge is 0.265 e. The molecule has 1 saturated heterocycles. The Hall–Kier alpha value is -4.36. The molecule has 3 aromatic heterocycles. The van der Waals surface area contributed by atoms with Crippen LogP contribution in [0.2, 0.25) is 0 Å². The molecule has 0 unspecified atom stereocenters. The van der Waals surface area contributed by atoms with Gasteiger partial charge in [-0.2, -0.15) is 10.4 Å². The molecule has 40 heavy (non-hydrogen) atoms. The van der Waals surface area contributed by atoms with Gasteiger partial charge in [-0.25, -0.2) is 14.1 Å². The van der Waals surface area contributed by atoms with Gasteiger partial charge in [0.1, 0.15) is 17.6 Å². The van der Waals surface area contributed by atoms with Crippen LogP contribution in [0.3, 0.4) is 0 Å². The van der Waals surface area contributed by atoms with Gasteiger partial charge in [-0.15, -0.1) is 0 Å². The molecule has 6 rings (SSSR count). The van der Waals surface area contributed by atoms with Gasteiger partial charge in [-0.1, -0.05) is 19.9 Å². The first-order valence-electron chi connectivity index (χ1n) is 13.6. The van der Waals surface area contributed by atoms with E-state index in [1.54, 1.807) is 11.0 Å². The number of rotatable bonds is 6. The molecule has 1 amide bonds. The lowest BCUT2D eigenvalue weighted by Gasteiger charge is -2.29. The second-order valence-electron chi connectivity index (χ2n) is 10.7. The fourth-order valence-corrected chi connectivity index (χ4v) is 5.57. The van der Waals surface area contributed by atoms with Crippen molar-refractivity contribution in [3.8, 4) is 22.9 Å². The van der Waals surface area contributed by atoms with Crippen molar-refractivity contribution in [2.45, 2.75) is 45.7 Å². The fraction of sp³-hybridized carbons (Fsp3) is 0.367. The summed E-state index contributed by atoms with van der Waals surface area (Å²) in [5.74, 6) is 0.202. The molecule has 1 N–H and O–H groups in total. The third-order valence-corrected chi connectivity index (χ3v) is 7.49. The van der Waals surface area contributed by atoms with E-state index in [1.807, 2.05) is 29.1 Å². The lowest BCUT2D eigenvalue weighted by molar-refractivity contribution is -0.121. The van der Waals surface area contributed by atoms with Crippen LogP contribution in [0.25, 0.3) is 22.2 Å². The van der Waals surface area contributed by atoms with Crippen LogP contribution in [0.5, 0.6) is 5.75 Å². The van der Waals surface area contributed by atoms with Gasteiger partial charge >= 0.3 is 0 Å². The molecule has 1 fully saturated rings. The van der Waals surface area contributed by atoms with Crippen LogP contribution in [-0.4, -0.2) is 45.4 Å². The van der Waals surface area contributed by atoms with E-state index in [-0.39, 0.29) is 25.1 Å². The fourth-order valence-electron chi connectivity index (χ4n) is 5.57. The number of benzene rings is 1. The molecule has 0 radical (unpaired) electrons. The molecule has 204 valence electrons. The van der Waals surface area contributed by atoms with Gasteiger partial charge < -0.3 is 10.1 Å². The van der Waals surface area contributed by atoms with Crippen LogP contribution in [0.1, 0.15) is 49.7 Å². The maximum atomic E-state index is 13.4. The molecular formula is C30H30FN7O2. The maximum Gasteiger partial charge on any atom is 0.265 e. The zero-order valence-corrected chi connectivity index (χ0v) is 22.5. The second-order valence-corrected chi connectivity index (χ2v) is 10.7. The highest BCUT2D eigenvalue weighted by Crippen LogP contribution is 2.41. The normalized spacial score (nSPS) is 15.8. The van der Waals surface area contributed by atoms with E-state index in [1.165, 1.54) is 6.07 Å². The molecule has 0 bridgehead atoms. The van der Waals surface area contributed by atoms with Gasteiger partial charge in [-0.3, -0.25) is 14.7 Å². The minimum Gasteiger partial charge on any atom is -0.482 e. The molecule has 2 aliphatic heterocycles. The number of fused-ring (bicyclic) bond motifs is 2. The van der Waals surface area contributed by atoms with Crippen LogP contribution >= 0.6 is 0 Å². The number of amides is 1. The highest BCUT2D eigenvalue weighted by molar-refractivity contribution is 6.00. The Balaban J connectivity index is 1.46. The molecule has 9 nitrogen and oxygen atoms in total. The first-order chi connectivity index (χ1) is 19.4. The van der Waals surface area contributed by atoms with Crippen molar-refractivity contribution >= 4 is 22.6 Å². The molecule has 5 heterocycles. The standard InChI is InChI=1S/C30H30FN7O2/c1-18(2)11-25-23(13-32)29(24-15-35-38(30(24)36-25)22-7-9-33-10-8-22)19-3-6-26-27(12-19)40-17-28(39)37(26)16-21-5-4-20(31)14-34-21/h3-6,12,14-15,18,22,33H,7-11,16-17H2,1-2H3. The molecule has 0 saturated carbocycles. The number of anilines is 1. The number of halogens is 1. The zero-order chi connectivity index (χ0) is 27.8. The van der Waals surface area contributed by atoms with Crippen molar-refractivity contribution in [2.24, 2.45) is 5.92 Å². The predicted octanol–water partition coefficient (Wildman–Crippen LogP) is 4.55. The number of hydrogen-bond acceptors (Lipinski definition) is 7. The van der Waals surface area contributed by atoms with Crippen molar-refractivity contribution < 1.29 is 13.9 Å². The van der Waals surface area contributed by atoms with E-state index in [2.05, 4.69) is 30.2 Å². The van der Waals surface area contributed by atoms with Gasteiger partial charge in [-0.05, 0) is 68.1 Å². The number of ether oxygens (including phenoxy) is 1. The number of aromatic nitrogens is 4. The monoisotopic (exact) mass is 539 g/mol. The summed E-state index contributed by atoms with van der Waals surface area (Å²) in [4.78, 5) is 23.5. The number of nitrogens with zero attached hydrogens (tertiary/aromatic N) is 6. The van der Waals surface area contributed by atoms with E-state index < -0.39 is 5.82 Å². The quantitative estimate of drug-likeness (QED) is 0.383. The van der Waals surface area contributed by atoms with Crippen molar-refractivity contribution in [1.82, 2.24) is 25.1 Å². The SMILES string of the molecule is CC(C)Cc1nc2c(cnn2C2CCNCC2)c(-c2ccc3c(c2)OCC(=O)N3Cc2ccc(F)cn2)c1C#N. The number of carbonyl (C=O) groups is 1. The average Bonchev–Trinajstić information content (AvgIpc) is 3.38. The van der Waals surface area contributed by atoms with E-state index in [4.69, 9.17) is 14.8 Å². The summed E-state index contributed by atoms with van der Waals surface area (Å²) in [6.07, 6.45) is 5.55. The van der Waals surface area contributed by atoms with E-state index in [9.17, 15) is 14.4 Å². The molecular weight excluding hydrogens is 509 g/mol. The third-order valence-electron chi connectivity index (χ3n) is 7.49. The second kappa shape index (κ2) is 10.7. The maximum absolute atomic E-state index is 13.4. The largest absolute Gasteiger partial charge is 0.482 e. The van der Waals surface area contributed by atoms with E-state index >= 15 is 0 Å². The van der Waals surface area contributed by atoms with Gasteiger partial charge in [0.25, 0.3) is 5.91 Å². The highest BCUT2D eigenvalue weighted by Gasteiger charge is 2.29. The molecule has 0 aliphatic carbocycles. The number of piperidine rings is 1. The Kier molecular flexibility index (Phi) is 6.90. The number of carbonyl (C=O) groups excluding carboxylic acids is 1. The minimum absolute atomic E-state index is 0.124. The Bertz CT molecular complexity index is 1620. The van der Waals surface area contributed by atoms with Crippen molar-refractivity contribution in [3.63, 3.8) is 0 Å². The third kappa shape index (κ3) is 4.77. The molecule has 0 atom stereocenters. The Morgan fingerprint density at radius 3 is 2.75 bits per heavy atom. The first-order valence-corrected chi connectivity index (χ1v) is 13.6. The summed E-state index contributed by atoms with van der Waals surface area (Å²) >= 11 is 0. The van der Waals surface area contributed by atoms with Gasteiger partial charge in [0.2, 0.25) is 0 Å². The number of pyridine rings is 2. The van der Waals surface area contributed by atoms with E-state index in [0.717, 1.165) is 60.0 Å². The lowest BCUT2D eigenvalue weighted by Crippen LogP contribution is -2.38. The Morgan fingerprint density at radius 1 is 1.20 bits per heavy atom. The van der Waals surface area contributed by atoms with E-state index in [0.29, 0.717) is 35.0 Å². The van der Waals surface area contributed by atoms with Crippen LogP contribution in [-0.2, 0) is 17.8 Å². The Labute approximate surface area is 231 Å². The molecule has 2 aliphatic rings. The summed E-state index contributed by atoms with van der Waals surface area (Å²) in [6, 6.07) is 11.2. The average molecular weight is 540 g/mol. The number of hydrogen-bond donors (Lipinski definition) is 1. The van der Waals surface area contributed by atoms with Crippen molar-refractivity contribution in [1.29, 1.82) is 5.26 Å². The van der Waals surface area contributed by atoms with Gasteiger partial charge in [0, 0.05) is 10.9 Å². The summed E-state index contributed by atoms with van der Waals surface area (Å²) in [7, 11) is 0. The predicted molar refractivity (Wildman–Crippen MR) is 148 cm³/mol. The molecule has 4 aromatic rings. The number of nitrogens with one attached hydrogen (secondary N) is 1. The molecule has 10 heteroatoms. The zero-order valence-electron chi connectivity index (χ0n) is 22.5. The molecule has 0 spiro atoms. The summed E-state index contributed by atoms with van der Waals surface area (Å²) in [6.45, 7) is 6.16. The minimum atomic E-state index is -0.431. The summed E-state index contributed by atoms with van der Waals surface area (Å²) in [5.41, 5.74) is 4.82. The highest BCUT2D eigenvalue weighted by atomic mass is 19.1. The summed E-state index contributed by atoms with van der Waals surface area (Å²) in [5, 5.41) is 19.3. The van der Waals surface area contributed by atoms with Crippen molar-refractivity contribution in [2.75, 3.05) is 24.6 Å². The van der Waals surface area contributed by atoms with Crippen LogP contribution in [0.4, 0.5) is 10.1 Å². The number of nitriles is 1. The van der Waals surface area contributed by atoms with Crippen LogP contribution in [0, 0.1) is 23.1 Å². The van der Waals surface area contributed by atoms with Crippen LogP contribution < -0.4 is 15.0 Å². The Morgan fingerprint density at radius 2 is 2.02 bits per heavy atom.